The van der Waals surface area contributed by atoms with Crippen molar-refractivity contribution < 1.29 is 4.43 Å². The molecule has 0 amide bonds. The van der Waals surface area contributed by atoms with Crippen LogP contribution in [0, 0.1) is 5.92 Å². The fourth-order valence-corrected chi connectivity index (χ4v) is 2.43. The zero-order valence-corrected chi connectivity index (χ0v) is 14.4. The Hall–Kier alpha value is -1.02. The molecule has 0 aliphatic carbocycles. The minimum atomic E-state index is -1.72. The molecule has 0 aromatic heterocycles. The second-order valence-electron chi connectivity index (χ2n) is 7.03. The summed E-state index contributed by atoms with van der Waals surface area (Å²) in [4.78, 5) is 0. The first-order valence-corrected chi connectivity index (χ1v) is 10.00. The van der Waals surface area contributed by atoms with Crippen LogP contribution in [0.4, 0.5) is 0 Å². The van der Waals surface area contributed by atoms with E-state index in [1.165, 1.54) is 5.56 Å². The van der Waals surface area contributed by atoms with Crippen LogP contribution in [-0.4, -0.2) is 8.32 Å². The standard InChI is InChI=1S/C17H28OSi/c1-14(2)8-9-15-10-12-16(13-11-15)18-19(6,7)17(3,4)5/h8-14H,1-7H3. The molecule has 0 N–H and O–H groups in total. The second-order valence-corrected chi connectivity index (χ2v) is 11.8. The van der Waals surface area contributed by atoms with Crippen LogP contribution in [0.15, 0.2) is 30.3 Å². The molecule has 0 saturated carbocycles. The Labute approximate surface area is 119 Å². The lowest BCUT2D eigenvalue weighted by Gasteiger charge is -2.36. The predicted octanol–water partition coefficient (Wildman–Crippen LogP) is 5.74. The van der Waals surface area contributed by atoms with E-state index < -0.39 is 8.32 Å². The summed E-state index contributed by atoms with van der Waals surface area (Å²) < 4.78 is 6.26. The van der Waals surface area contributed by atoms with Crippen LogP contribution in [0.1, 0.15) is 40.2 Å². The molecule has 2 heteroatoms. The normalized spacial score (nSPS) is 13.3. The first-order valence-electron chi connectivity index (χ1n) is 7.09. The van der Waals surface area contributed by atoms with Crippen LogP contribution in [0.5, 0.6) is 5.75 Å². The lowest BCUT2D eigenvalue weighted by Crippen LogP contribution is -2.43. The van der Waals surface area contributed by atoms with Crippen LogP contribution in [0.2, 0.25) is 18.1 Å². The monoisotopic (exact) mass is 276 g/mol. The molecular weight excluding hydrogens is 248 g/mol. The maximum Gasteiger partial charge on any atom is 0.250 e. The van der Waals surface area contributed by atoms with Crippen molar-refractivity contribution in [3.63, 3.8) is 0 Å². The molecule has 0 aliphatic heterocycles. The zero-order chi connectivity index (χ0) is 14.7. The molecule has 106 valence electrons. The van der Waals surface area contributed by atoms with Gasteiger partial charge in [-0.05, 0) is 41.7 Å². The molecular formula is C17H28OSi. The van der Waals surface area contributed by atoms with Gasteiger partial charge in [0.1, 0.15) is 5.75 Å². The highest BCUT2D eigenvalue weighted by Gasteiger charge is 2.38. The van der Waals surface area contributed by atoms with Crippen molar-refractivity contribution in [3.05, 3.63) is 35.9 Å². The summed E-state index contributed by atoms with van der Waals surface area (Å²) in [7, 11) is -1.72. The summed E-state index contributed by atoms with van der Waals surface area (Å²) >= 11 is 0. The van der Waals surface area contributed by atoms with Gasteiger partial charge >= 0.3 is 0 Å². The predicted molar refractivity (Wildman–Crippen MR) is 88.1 cm³/mol. The van der Waals surface area contributed by atoms with Crippen LogP contribution in [-0.2, 0) is 0 Å². The van der Waals surface area contributed by atoms with E-state index in [-0.39, 0.29) is 5.04 Å². The smallest absolute Gasteiger partial charge is 0.250 e. The van der Waals surface area contributed by atoms with E-state index in [1.807, 2.05) is 0 Å². The highest BCUT2D eigenvalue weighted by Crippen LogP contribution is 2.37. The van der Waals surface area contributed by atoms with Gasteiger partial charge in [-0.15, -0.1) is 0 Å². The maximum atomic E-state index is 6.26. The minimum absolute atomic E-state index is 0.239. The second kappa shape index (κ2) is 5.95. The molecule has 0 unspecified atom stereocenters. The molecule has 0 saturated heterocycles. The van der Waals surface area contributed by atoms with Crippen molar-refractivity contribution in [2.24, 2.45) is 5.92 Å². The van der Waals surface area contributed by atoms with Gasteiger partial charge in [0.15, 0.2) is 0 Å². The van der Waals surface area contributed by atoms with Crippen LogP contribution < -0.4 is 4.43 Å². The first-order chi connectivity index (χ1) is 8.62. The third-order valence-electron chi connectivity index (χ3n) is 3.73. The number of allylic oxidation sites excluding steroid dienone is 1. The van der Waals surface area contributed by atoms with Crippen molar-refractivity contribution in [1.29, 1.82) is 0 Å². The van der Waals surface area contributed by atoms with Crippen molar-refractivity contribution in [3.8, 4) is 5.75 Å². The topological polar surface area (TPSA) is 9.23 Å². The Morgan fingerprint density at radius 2 is 1.58 bits per heavy atom. The van der Waals surface area contributed by atoms with Crippen LogP contribution in [0.3, 0.4) is 0 Å². The Bertz CT molecular complexity index is 422. The summed E-state index contributed by atoms with van der Waals surface area (Å²) in [5, 5.41) is 0.239. The molecule has 19 heavy (non-hydrogen) atoms. The number of benzene rings is 1. The van der Waals surface area contributed by atoms with E-state index in [0.717, 1.165) is 5.75 Å². The maximum absolute atomic E-state index is 6.26. The average molecular weight is 276 g/mol. The quantitative estimate of drug-likeness (QED) is 0.637. The molecule has 0 spiro atoms. The highest BCUT2D eigenvalue weighted by molar-refractivity contribution is 6.74. The zero-order valence-electron chi connectivity index (χ0n) is 13.4. The lowest BCUT2D eigenvalue weighted by molar-refractivity contribution is 0.492. The van der Waals surface area contributed by atoms with Gasteiger partial charge in [0.05, 0.1) is 0 Å². The number of hydrogen-bond acceptors (Lipinski definition) is 1. The molecule has 1 rings (SSSR count). The largest absolute Gasteiger partial charge is 0.544 e. The van der Waals surface area contributed by atoms with Gasteiger partial charge in [0.25, 0.3) is 0 Å². The first kappa shape index (κ1) is 16.0. The molecule has 0 fully saturated rings. The molecule has 1 aromatic rings. The molecule has 0 aliphatic rings. The van der Waals surface area contributed by atoms with E-state index in [0.29, 0.717) is 5.92 Å². The van der Waals surface area contributed by atoms with E-state index in [9.17, 15) is 0 Å². The van der Waals surface area contributed by atoms with Gasteiger partial charge in [0.2, 0.25) is 8.32 Å². The summed E-state index contributed by atoms with van der Waals surface area (Å²) in [6.45, 7) is 15.7. The van der Waals surface area contributed by atoms with Gasteiger partial charge < -0.3 is 4.43 Å². The van der Waals surface area contributed by atoms with Gasteiger partial charge in [-0.3, -0.25) is 0 Å². The van der Waals surface area contributed by atoms with E-state index in [4.69, 9.17) is 4.43 Å². The fraction of sp³-hybridized carbons (Fsp3) is 0.529. The van der Waals surface area contributed by atoms with Gasteiger partial charge in [-0.25, -0.2) is 0 Å². The summed E-state index contributed by atoms with van der Waals surface area (Å²) in [5.41, 5.74) is 1.23. The Kier molecular flexibility index (Phi) is 5.02. The molecule has 1 nitrogen and oxygen atoms in total. The fourth-order valence-electron chi connectivity index (χ4n) is 1.40. The third kappa shape index (κ3) is 4.87. The Balaban J connectivity index is 2.78. The van der Waals surface area contributed by atoms with Gasteiger partial charge in [0, 0.05) is 0 Å². The molecule has 0 radical (unpaired) electrons. The van der Waals surface area contributed by atoms with Gasteiger partial charge in [-0.2, -0.15) is 0 Å². The summed E-state index contributed by atoms with van der Waals surface area (Å²) in [6, 6.07) is 8.42. The molecule has 0 heterocycles. The minimum Gasteiger partial charge on any atom is -0.544 e. The summed E-state index contributed by atoms with van der Waals surface area (Å²) in [6.07, 6.45) is 4.38. The van der Waals surface area contributed by atoms with Gasteiger partial charge in [-0.1, -0.05) is 58.9 Å². The average Bonchev–Trinajstić information content (AvgIpc) is 2.26. The Morgan fingerprint density at radius 3 is 2.00 bits per heavy atom. The van der Waals surface area contributed by atoms with Crippen molar-refractivity contribution in [2.45, 2.75) is 52.8 Å². The van der Waals surface area contributed by atoms with Crippen molar-refractivity contribution in [1.82, 2.24) is 0 Å². The lowest BCUT2D eigenvalue weighted by atomic mass is 10.1. The van der Waals surface area contributed by atoms with E-state index >= 15 is 0 Å². The summed E-state index contributed by atoms with van der Waals surface area (Å²) in [5.74, 6) is 1.58. The number of hydrogen-bond donors (Lipinski definition) is 0. The van der Waals surface area contributed by atoms with Crippen molar-refractivity contribution in [2.75, 3.05) is 0 Å². The van der Waals surface area contributed by atoms with Crippen LogP contribution in [0.25, 0.3) is 6.08 Å². The third-order valence-corrected chi connectivity index (χ3v) is 8.09. The van der Waals surface area contributed by atoms with E-state index in [1.54, 1.807) is 0 Å². The highest BCUT2D eigenvalue weighted by atomic mass is 28.4. The Morgan fingerprint density at radius 1 is 1.05 bits per heavy atom. The van der Waals surface area contributed by atoms with E-state index in [2.05, 4.69) is 84.1 Å². The SMILES string of the molecule is CC(C)C=Cc1ccc(O[Si](C)(C)C(C)(C)C)cc1. The molecule has 0 bridgehead atoms. The van der Waals surface area contributed by atoms with Crippen LogP contribution >= 0.6 is 0 Å². The molecule has 1 aromatic carbocycles. The number of rotatable bonds is 4. The molecule has 0 atom stereocenters. The van der Waals surface area contributed by atoms with Crippen molar-refractivity contribution >= 4 is 14.4 Å².